The lowest BCUT2D eigenvalue weighted by Gasteiger charge is -2.31. The van der Waals surface area contributed by atoms with Gasteiger partial charge in [0.1, 0.15) is 0 Å². The van der Waals surface area contributed by atoms with E-state index in [0.717, 1.165) is 29.8 Å². The third kappa shape index (κ3) is 2.84. The summed E-state index contributed by atoms with van der Waals surface area (Å²) in [4.78, 5) is 0. The average Bonchev–Trinajstić information content (AvgIpc) is 3.08. The lowest BCUT2D eigenvalue weighted by molar-refractivity contribution is 0.510. The summed E-state index contributed by atoms with van der Waals surface area (Å²) in [6.45, 7) is 0. The number of halogens is 2. The van der Waals surface area contributed by atoms with E-state index in [0.29, 0.717) is 16.0 Å². The summed E-state index contributed by atoms with van der Waals surface area (Å²) in [6, 6.07) is 24.8. The number of hydrogen-bond acceptors (Lipinski definition) is 2. The number of nitrogens with zero attached hydrogens (tertiary/aromatic N) is 2. The van der Waals surface area contributed by atoms with E-state index in [-0.39, 0.29) is 6.04 Å². The van der Waals surface area contributed by atoms with Gasteiger partial charge in [-0.15, -0.1) is 0 Å². The molecule has 0 saturated heterocycles. The number of rotatable bonds is 2. The predicted molar refractivity (Wildman–Crippen MR) is 113 cm³/mol. The van der Waals surface area contributed by atoms with Gasteiger partial charge in [-0.1, -0.05) is 71.7 Å². The van der Waals surface area contributed by atoms with Crippen molar-refractivity contribution in [2.45, 2.75) is 18.9 Å². The molecule has 0 bridgehead atoms. The van der Waals surface area contributed by atoms with Crippen LogP contribution >= 0.6 is 23.2 Å². The molecule has 1 aliphatic heterocycles. The van der Waals surface area contributed by atoms with Gasteiger partial charge in [0.2, 0.25) is 0 Å². The molecule has 0 unspecified atom stereocenters. The first-order valence-electron chi connectivity index (χ1n) is 9.18. The second-order valence-corrected chi connectivity index (χ2v) is 7.92. The Morgan fingerprint density at radius 1 is 0.889 bits per heavy atom. The molecule has 0 spiro atoms. The Balaban J connectivity index is 1.67. The van der Waals surface area contributed by atoms with Gasteiger partial charge in [0, 0.05) is 21.5 Å². The van der Waals surface area contributed by atoms with Gasteiger partial charge < -0.3 is 0 Å². The number of para-hydroxylation sites is 1. The highest BCUT2D eigenvalue weighted by atomic mass is 35.5. The summed E-state index contributed by atoms with van der Waals surface area (Å²) in [6.07, 6.45) is 2.12. The zero-order valence-corrected chi connectivity index (χ0v) is 16.2. The molecule has 0 aromatic heterocycles. The zero-order valence-electron chi connectivity index (χ0n) is 14.6. The van der Waals surface area contributed by atoms with Crippen molar-refractivity contribution in [1.29, 1.82) is 0 Å². The Kier molecular flexibility index (Phi) is 4.18. The van der Waals surface area contributed by atoms with Crippen molar-refractivity contribution in [1.82, 2.24) is 0 Å². The number of anilines is 1. The van der Waals surface area contributed by atoms with Crippen LogP contribution in [0.15, 0.2) is 77.9 Å². The van der Waals surface area contributed by atoms with Gasteiger partial charge in [-0.2, -0.15) is 5.10 Å². The van der Waals surface area contributed by atoms with E-state index in [1.165, 1.54) is 11.1 Å². The molecule has 1 heterocycles. The summed E-state index contributed by atoms with van der Waals surface area (Å²) in [5.74, 6) is 0.304. The van der Waals surface area contributed by atoms with Crippen LogP contribution in [0, 0.1) is 5.92 Å². The van der Waals surface area contributed by atoms with Gasteiger partial charge in [0.15, 0.2) is 0 Å². The molecule has 27 heavy (non-hydrogen) atoms. The van der Waals surface area contributed by atoms with E-state index in [1.807, 2.05) is 36.4 Å². The number of benzene rings is 3. The van der Waals surface area contributed by atoms with E-state index in [9.17, 15) is 0 Å². The maximum absolute atomic E-state index is 6.63. The van der Waals surface area contributed by atoms with Gasteiger partial charge in [-0.25, -0.2) is 0 Å². The third-order valence-corrected chi connectivity index (χ3v) is 6.09. The maximum Gasteiger partial charge on any atom is 0.0874 e. The van der Waals surface area contributed by atoms with Gasteiger partial charge in [0.25, 0.3) is 0 Å². The predicted octanol–water partition coefficient (Wildman–Crippen LogP) is 6.52. The Hall–Kier alpha value is -2.29. The Morgan fingerprint density at radius 3 is 2.48 bits per heavy atom. The second-order valence-electron chi connectivity index (χ2n) is 7.08. The number of hydrazone groups is 1. The van der Waals surface area contributed by atoms with Crippen LogP contribution in [0.4, 0.5) is 5.69 Å². The molecule has 5 rings (SSSR count). The van der Waals surface area contributed by atoms with Crippen LogP contribution in [-0.4, -0.2) is 5.71 Å². The minimum Gasteiger partial charge on any atom is -0.257 e. The molecule has 0 radical (unpaired) electrons. The first kappa shape index (κ1) is 16.9. The van der Waals surface area contributed by atoms with Crippen molar-refractivity contribution in [2.24, 2.45) is 11.0 Å². The lowest BCUT2D eigenvalue weighted by Crippen LogP contribution is -2.29. The molecular formula is C23H18Cl2N2. The zero-order chi connectivity index (χ0) is 18.4. The van der Waals surface area contributed by atoms with Crippen molar-refractivity contribution in [3.63, 3.8) is 0 Å². The quantitative estimate of drug-likeness (QED) is 0.484. The Morgan fingerprint density at radius 2 is 1.67 bits per heavy atom. The normalized spacial score (nSPS) is 20.8. The fraction of sp³-hybridized carbons (Fsp3) is 0.174. The standard InChI is InChI=1S/C23H18Cl2N2/c24-16-11-13-19(21(25)14-16)23-20-12-10-15-6-4-5-9-18(15)22(20)26-27(23)17-7-2-1-3-8-17/h1-9,11,13-14,20,23H,10,12H2/t20-,23-/m1/s1. The highest BCUT2D eigenvalue weighted by Crippen LogP contribution is 2.47. The molecule has 0 amide bonds. The summed E-state index contributed by atoms with van der Waals surface area (Å²) < 4.78 is 0. The fourth-order valence-corrected chi connectivity index (χ4v) is 4.83. The average molecular weight is 393 g/mol. The largest absolute Gasteiger partial charge is 0.257 e. The molecule has 3 aromatic carbocycles. The summed E-state index contributed by atoms with van der Waals surface area (Å²) in [7, 11) is 0. The van der Waals surface area contributed by atoms with E-state index in [4.69, 9.17) is 28.3 Å². The Labute approximate surface area is 169 Å². The van der Waals surface area contributed by atoms with Crippen LogP contribution in [0.2, 0.25) is 10.0 Å². The molecule has 134 valence electrons. The van der Waals surface area contributed by atoms with Crippen LogP contribution < -0.4 is 5.01 Å². The van der Waals surface area contributed by atoms with E-state index in [2.05, 4.69) is 41.4 Å². The topological polar surface area (TPSA) is 15.6 Å². The van der Waals surface area contributed by atoms with Crippen LogP contribution in [0.3, 0.4) is 0 Å². The van der Waals surface area contributed by atoms with Crippen LogP contribution in [0.5, 0.6) is 0 Å². The van der Waals surface area contributed by atoms with Crippen molar-refractivity contribution >= 4 is 34.6 Å². The van der Waals surface area contributed by atoms with E-state index >= 15 is 0 Å². The van der Waals surface area contributed by atoms with Crippen molar-refractivity contribution in [3.8, 4) is 0 Å². The molecule has 3 aromatic rings. The van der Waals surface area contributed by atoms with Crippen LogP contribution in [0.1, 0.15) is 29.2 Å². The number of hydrogen-bond donors (Lipinski definition) is 0. The summed E-state index contributed by atoms with van der Waals surface area (Å²) in [5.41, 5.74) is 5.96. The second kappa shape index (κ2) is 6.70. The minimum absolute atomic E-state index is 0.0699. The van der Waals surface area contributed by atoms with Crippen LogP contribution in [-0.2, 0) is 6.42 Å². The molecule has 2 nitrogen and oxygen atoms in total. The minimum atomic E-state index is 0.0699. The number of aryl methyl sites for hydroxylation is 1. The Bertz CT molecular complexity index is 1030. The first-order chi connectivity index (χ1) is 13.2. The molecule has 2 aliphatic rings. The third-order valence-electron chi connectivity index (χ3n) is 5.53. The molecule has 0 saturated carbocycles. The SMILES string of the molecule is Clc1ccc([C@@H]2[C@@H]3CCc4ccccc4C3=NN2c2ccccc2)c(Cl)c1. The molecule has 0 N–H and O–H groups in total. The van der Waals surface area contributed by atoms with Crippen molar-refractivity contribution < 1.29 is 0 Å². The highest BCUT2D eigenvalue weighted by Gasteiger charge is 2.42. The van der Waals surface area contributed by atoms with Gasteiger partial charge in [-0.3, -0.25) is 5.01 Å². The van der Waals surface area contributed by atoms with Crippen LogP contribution in [0.25, 0.3) is 0 Å². The van der Waals surface area contributed by atoms with E-state index < -0.39 is 0 Å². The van der Waals surface area contributed by atoms with Gasteiger partial charge >= 0.3 is 0 Å². The molecule has 4 heteroatoms. The molecule has 0 fully saturated rings. The molecule has 1 aliphatic carbocycles. The van der Waals surface area contributed by atoms with Gasteiger partial charge in [-0.05, 0) is 48.2 Å². The van der Waals surface area contributed by atoms with Gasteiger partial charge in [0.05, 0.1) is 17.4 Å². The lowest BCUT2D eigenvalue weighted by atomic mass is 9.77. The molecular weight excluding hydrogens is 375 g/mol. The monoisotopic (exact) mass is 392 g/mol. The number of fused-ring (bicyclic) bond motifs is 3. The molecule has 2 atom stereocenters. The van der Waals surface area contributed by atoms with Crippen molar-refractivity contribution in [2.75, 3.05) is 5.01 Å². The summed E-state index contributed by atoms with van der Waals surface area (Å²) >= 11 is 12.8. The van der Waals surface area contributed by atoms with E-state index in [1.54, 1.807) is 0 Å². The summed E-state index contributed by atoms with van der Waals surface area (Å²) in [5, 5.41) is 8.59. The first-order valence-corrected chi connectivity index (χ1v) is 9.94. The van der Waals surface area contributed by atoms with Crippen molar-refractivity contribution in [3.05, 3.63) is 99.5 Å². The highest BCUT2D eigenvalue weighted by molar-refractivity contribution is 6.35. The fourth-order valence-electron chi connectivity index (χ4n) is 4.31. The maximum atomic E-state index is 6.63. The smallest absolute Gasteiger partial charge is 0.0874 e.